The first-order valence-corrected chi connectivity index (χ1v) is 8.21. The van der Waals surface area contributed by atoms with Crippen molar-refractivity contribution in [2.24, 2.45) is 5.41 Å². The van der Waals surface area contributed by atoms with Crippen LogP contribution >= 0.6 is 11.6 Å². The van der Waals surface area contributed by atoms with E-state index in [4.69, 9.17) is 11.6 Å². The molecule has 0 spiro atoms. The van der Waals surface area contributed by atoms with Crippen LogP contribution in [0.25, 0.3) is 10.8 Å². The first-order chi connectivity index (χ1) is 10.4. The second-order valence-corrected chi connectivity index (χ2v) is 7.93. The maximum absolute atomic E-state index is 12.3. The molecule has 1 fully saturated rings. The van der Waals surface area contributed by atoms with Gasteiger partial charge in [-0.2, -0.15) is 0 Å². The summed E-state index contributed by atoms with van der Waals surface area (Å²) in [6.45, 7) is 4.67. The highest BCUT2D eigenvalue weighted by Gasteiger charge is 2.52. The van der Waals surface area contributed by atoms with Crippen molar-refractivity contribution in [2.45, 2.75) is 38.0 Å². The SMILES string of the molecule is C[C@]1(Cl)C[C@](C)(C(=O)NCCc2ccc3ccccc3c2)C1. The van der Waals surface area contributed by atoms with Gasteiger partial charge in [-0.05, 0) is 42.5 Å². The molecule has 1 aliphatic carbocycles. The number of hydrogen-bond donors (Lipinski definition) is 1. The van der Waals surface area contributed by atoms with Crippen LogP contribution in [0.1, 0.15) is 32.3 Å². The first kappa shape index (κ1) is 15.4. The molecule has 1 saturated carbocycles. The normalized spacial score (nSPS) is 27.4. The van der Waals surface area contributed by atoms with Gasteiger partial charge in [0.2, 0.25) is 5.91 Å². The number of hydrogen-bond acceptors (Lipinski definition) is 1. The highest BCUT2D eigenvalue weighted by molar-refractivity contribution is 6.25. The average Bonchev–Trinajstić information content (AvgIpc) is 2.45. The van der Waals surface area contributed by atoms with E-state index >= 15 is 0 Å². The fourth-order valence-electron chi connectivity index (χ4n) is 3.66. The number of alkyl halides is 1. The number of amides is 1. The Hall–Kier alpha value is -1.54. The van der Waals surface area contributed by atoms with E-state index in [9.17, 15) is 4.79 Å². The molecule has 22 heavy (non-hydrogen) atoms. The van der Waals surface area contributed by atoms with E-state index in [1.54, 1.807) is 0 Å². The van der Waals surface area contributed by atoms with Crippen LogP contribution in [0, 0.1) is 5.41 Å². The minimum Gasteiger partial charge on any atom is -0.355 e. The molecule has 0 saturated heterocycles. The lowest BCUT2D eigenvalue weighted by Gasteiger charge is -2.47. The van der Waals surface area contributed by atoms with Gasteiger partial charge in [0, 0.05) is 16.8 Å². The number of carbonyl (C=O) groups excluding carboxylic acids is 1. The predicted octanol–water partition coefficient (Wildman–Crippen LogP) is 4.30. The van der Waals surface area contributed by atoms with E-state index in [1.807, 2.05) is 19.9 Å². The maximum Gasteiger partial charge on any atom is 0.226 e. The molecule has 116 valence electrons. The fourth-order valence-corrected chi connectivity index (χ4v) is 4.25. The van der Waals surface area contributed by atoms with E-state index < -0.39 is 0 Å². The summed E-state index contributed by atoms with van der Waals surface area (Å²) in [6, 6.07) is 14.8. The number of halogens is 1. The monoisotopic (exact) mass is 315 g/mol. The van der Waals surface area contributed by atoms with Crippen molar-refractivity contribution < 1.29 is 4.79 Å². The topological polar surface area (TPSA) is 29.1 Å². The summed E-state index contributed by atoms with van der Waals surface area (Å²) in [5.41, 5.74) is 0.958. The van der Waals surface area contributed by atoms with E-state index in [0.717, 1.165) is 19.3 Å². The van der Waals surface area contributed by atoms with E-state index in [-0.39, 0.29) is 16.2 Å². The van der Waals surface area contributed by atoms with Gasteiger partial charge in [-0.1, -0.05) is 49.4 Å². The summed E-state index contributed by atoms with van der Waals surface area (Å²) in [5.74, 6) is 0.131. The number of benzene rings is 2. The molecule has 0 aromatic heterocycles. The number of rotatable bonds is 4. The fraction of sp³-hybridized carbons (Fsp3) is 0.421. The average molecular weight is 316 g/mol. The van der Waals surface area contributed by atoms with Gasteiger partial charge in [0.15, 0.2) is 0 Å². The molecule has 0 unspecified atom stereocenters. The van der Waals surface area contributed by atoms with Crippen molar-refractivity contribution in [3.8, 4) is 0 Å². The van der Waals surface area contributed by atoms with Gasteiger partial charge in [0.05, 0.1) is 0 Å². The molecule has 2 aromatic rings. The summed E-state index contributed by atoms with van der Waals surface area (Å²) in [4.78, 5) is 12.1. The van der Waals surface area contributed by atoms with Crippen LogP contribution in [-0.2, 0) is 11.2 Å². The Morgan fingerprint density at radius 3 is 2.50 bits per heavy atom. The highest BCUT2D eigenvalue weighted by Crippen LogP contribution is 2.52. The van der Waals surface area contributed by atoms with Crippen LogP contribution in [0.2, 0.25) is 0 Å². The summed E-state index contributed by atoms with van der Waals surface area (Å²) >= 11 is 6.24. The van der Waals surface area contributed by atoms with Crippen molar-refractivity contribution in [1.29, 1.82) is 0 Å². The lowest BCUT2D eigenvalue weighted by Crippen LogP contribution is -2.53. The Kier molecular flexibility index (Phi) is 3.90. The number of carbonyl (C=O) groups is 1. The van der Waals surface area contributed by atoms with Gasteiger partial charge < -0.3 is 5.32 Å². The molecule has 0 bridgehead atoms. The molecule has 2 aromatic carbocycles. The van der Waals surface area contributed by atoms with Crippen molar-refractivity contribution >= 4 is 28.3 Å². The Bertz CT molecular complexity index is 699. The lowest BCUT2D eigenvalue weighted by molar-refractivity contribution is -0.136. The van der Waals surface area contributed by atoms with Gasteiger partial charge in [-0.3, -0.25) is 4.79 Å². The van der Waals surface area contributed by atoms with Gasteiger partial charge in [-0.25, -0.2) is 0 Å². The van der Waals surface area contributed by atoms with Crippen LogP contribution < -0.4 is 5.32 Å². The minimum atomic E-state index is -0.292. The van der Waals surface area contributed by atoms with Crippen LogP contribution in [0.3, 0.4) is 0 Å². The molecule has 1 N–H and O–H groups in total. The summed E-state index contributed by atoms with van der Waals surface area (Å²) < 4.78 is 0. The smallest absolute Gasteiger partial charge is 0.226 e. The Morgan fingerprint density at radius 1 is 1.14 bits per heavy atom. The van der Waals surface area contributed by atoms with Crippen LogP contribution in [0.4, 0.5) is 0 Å². The summed E-state index contributed by atoms with van der Waals surface area (Å²) in [6.07, 6.45) is 2.36. The highest BCUT2D eigenvalue weighted by atomic mass is 35.5. The van der Waals surface area contributed by atoms with Crippen LogP contribution in [0.15, 0.2) is 42.5 Å². The van der Waals surface area contributed by atoms with Crippen molar-refractivity contribution in [1.82, 2.24) is 5.32 Å². The lowest BCUT2D eigenvalue weighted by atomic mass is 9.63. The zero-order valence-corrected chi connectivity index (χ0v) is 13.9. The van der Waals surface area contributed by atoms with Crippen LogP contribution in [0.5, 0.6) is 0 Å². The molecule has 0 heterocycles. The van der Waals surface area contributed by atoms with Gasteiger partial charge >= 0.3 is 0 Å². The van der Waals surface area contributed by atoms with Crippen molar-refractivity contribution in [3.05, 3.63) is 48.0 Å². The van der Waals surface area contributed by atoms with Crippen LogP contribution in [-0.4, -0.2) is 17.3 Å². The molecule has 0 radical (unpaired) electrons. The third-order valence-corrected chi connectivity index (χ3v) is 4.85. The third-order valence-electron chi connectivity index (χ3n) is 4.58. The largest absolute Gasteiger partial charge is 0.355 e. The standard InChI is InChI=1S/C19H22ClNO/c1-18(12-19(2,20)13-18)17(22)21-10-9-14-7-8-15-5-3-4-6-16(15)11-14/h3-8,11H,9-10,12-13H2,1-2H3,(H,21,22)/t18-,19-. The molecular formula is C19H22ClNO. The van der Waals surface area contributed by atoms with Gasteiger partial charge in [0.1, 0.15) is 0 Å². The molecule has 0 atom stereocenters. The summed E-state index contributed by atoms with van der Waals surface area (Å²) in [7, 11) is 0. The predicted molar refractivity (Wildman–Crippen MR) is 92.3 cm³/mol. The van der Waals surface area contributed by atoms with Gasteiger partial charge in [-0.15, -0.1) is 11.6 Å². The van der Waals surface area contributed by atoms with E-state index in [2.05, 4.69) is 41.7 Å². The van der Waals surface area contributed by atoms with Gasteiger partial charge in [0.25, 0.3) is 0 Å². The Morgan fingerprint density at radius 2 is 1.82 bits per heavy atom. The quantitative estimate of drug-likeness (QED) is 0.838. The Labute approximate surface area is 136 Å². The second kappa shape index (κ2) is 5.58. The zero-order chi connectivity index (χ0) is 15.8. The van der Waals surface area contributed by atoms with Crippen molar-refractivity contribution in [2.75, 3.05) is 6.54 Å². The molecule has 2 nitrogen and oxygen atoms in total. The minimum absolute atomic E-state index is 0.131. The maximum atomic E-state index is 12.3. The first-order valence-electron chi connectivity index (χ1n) is 7.83. The van der Waals surface area contributed by atoms with E-state index in [1.165, 1.54) is 16.3 Å². The molecule has 3 heteroatoms. The molecule has 1 aliphatic rings. The molecule has 1 amide bonds. The molecule has 0 aliphatic heterocycles. The molecule has 3 rings (SSSR count). The molecular weight excluding hydrogens is 294 g/mol. The second-order valence-electron chi connectivity index (χ2n) is 7.01. The number of nitrogens with one attached hydrogen (secondary N) is 1. The van der Waals surface area contributed by atoms with Crippen molar-refractivity contribution in [3.63, 3.8) is 0 Å². The number of fused-ring (bicyclic) bond motifs is 1. The zero-order valence-electron chi connectivity index (χ0n) is 13.2. The summed E-state index contributed by atoms with van der Waals surface area (Å²) in [5, 5.41) is 5.56. The third kappa shape index (κ3) is 3.12. The Balaban J connectivity index is 1.55. The van der Waals surface area contributed by atoms with E-state index in [0.29, 0.717) is 6.54 Å².